The third kappa shape index (κ3) is 0.933. The lowest BCUT2D eigenvalue weighted by molar-refractivity contribution is 1.23. The van der Waals surface area contributed by atoms with E-state index in [1.54, 1.807) is 6.20 Å². The fourth-order valence-corrected chi connectivity index (χ4v) is 1.34. The Morgan fingerprint density at radius 2 is 2.17 bits per heavy atom. The first kappa shape index (κ1) is 7.41. The number of aryl methyl sites for hydroxylation is 2. The van der Waals surface area contributed by atoms with Crippen LogP contribution in [0.2, 0.25) is 0 Å². The second kappa shape index (κ2) is 2.37. The smallest absolute Gasteiger partial charge is 0.137 e. The van der Waals surface area contributed by atoms with Gasteiger partial charge in [-0.15, -0.1) is 0 Å². The van der Waals surface area contributed by atoms with E-state index in [0.29, 0.717) is 5.46 Å². The molecule has 0 aliphatic heterocycles. The predicted molar refractivity (Wildman–Crippen MR) is 51.0 cm³/mol. The van der Waals surface area contributed by atoms with Crippen LogP contribution in [-0.2, 0) is 0 Å². The largest absolute Gasteiger partial charge is 0.343 e. The molecule has 58 valence electrons. The maximum Gasteiger partial charge on any atom is 0.137 e. The molecule has 0 unspecified atom stereocenters. The zero-order chi connectivity index (χ0) is 8.72. The van der Waals surface area contributed by atoms with E-state index in [2.05, 4.69) is 16.9 Å². The first-order valence-corrected chi connectivity index (χ1v) is 3.89. The molecule has 1 N–H and O–H groups in total. The number of aromatic nitrogens is 2. The van der Waals surface area contributed by atoms with Crippen LogP contribution in [-0.4, -0.2) is 17.8 Å². The summed E-state index contributed by atoms with van der Waals surface area (Å²) in [5, 5.41) is 1.12. The van der Waals surface area contributed by atoms with Gasteiger partial charge in [-0.3, -0.25) is 0 Å². The minimum Gasteiger partial charge on any atom is -0.343 e. The number of aromatic amines is 1. The van der Waals surface area contributed by atoms with Gasteiger partial charge in [-0.1, -0.05) is 11.5 Å². The van der Waals surface area contributed by atoms with E-state index in [9.17, 15) is 0 Å². The van der Waals surface area contributed by atoms with Gasteiger partial charge in [-0.25, -0.2) is 4.98 Å². The van der Waals surface area contributed by atoms with Gasteiger partial charge in [0.15, 0.2) is 0 Å². The number of H-pyrrole nitrogens is 1. The van der Waals surface area contributed by atoms with Gasteiger partial charge in [0, 0.05) is 17.3 Å². The van der Waals surface area contributed by atoms with Crippen molar-refractivity contribution in [1.82, 2.24) is 9.97 Å². The van der Waals surface area contributed by atoms with Crippen LogP contribution in [0.5, 0.6) is 0 Å². The minimum atomic E-state index is 0.713. The van der Waals surface area contributed by atoms with Crippen molar-refractivity contribution in [2.24, 2.45) is 0 Å². The number of pyridine rings is 1. The third-order valence-corrected chi connectivity index (χ3v) is 2.18. The number of rotatable bonds is 0. The number of hydrogen-bond donors (Lipinski definition) is 1. The van der Waals surface area contributed by atoms with Crippen molar-refractivity contribution in [1.29, 1.82) is 0 Å². The molecule has 3 heteroatoms. The van der Waals surface area contributed by atoms with Crippen LogP contribution in [0.1, 0.15) is 11.3 Å². The molecule has 0 aromatic carbocycles. The molecule has 0 saturated heterocycles. The predicted octanol–water partition coefficient (Wildman–Crippen LogP) is 0.974. The Hall–Kier alpha value is -1.25. The van der Waals surface area contributed by atoms with E-state index in [1.165, 1.54) is 5.56 Å². The van der Waals surface area contributed by atoms with Crippen molar-refractivity contribution >= 4 is 24.3 Å². The molecule has 0 atom stereocenters. The van der Waals surface area contributed by atoms with Gasteiger partial charge in [0.1, 0.15) is 13.5 Å². The molecule has 0 spiro atoms. The Balaban J connectivity index is 2.88. The Labute approximate surface area is 72.4 Å². The van der Waals surface area contributed by atoms with Crippen LogP contribution >= 0.6 is 0 Å². The molecule has 0 bridgehead atoms. The highest BCUT2D eigenvalue weighted by Crippen LogP contribution is 2.17. The molecule has 0 saturated carbocycles. The normalized spacial score (nSPS) is 10.8. The summed E-state index contributed by atoms with van der Waals surface area (Å²) in [5.41, 5.74) is 4.01. The number of hydrogen-bond acceptors (Lipinski definition) is 1. The zero-order valence-electron chi connectivity index (χ0n) is 7.18. The summed E-state index contributed by atoms with van der Waals surface area (Å²) in [6.45, 7) is 4.10. The average Bonchev–Trinajstić information content (AvgIpc) is 2.31. The van der Waals surface area contributed by atoms with Crippen molar-refractivity contribution in [3.63, 3.8) is 0 Å². The summed E-state index contributed by atoms with van der Waals surface area (Å²) in [7, 11) is 5.63. The molecule has 12 heavy (non-hydrogen) atoms. The molecule has 2 heterocycles. The summed E-state index contributed by atoms with van der Waals surface area (Å²) in [4.78, 5) is 7.37. The van der Waals surface area contributed by atoms with Crippen molar-refractivity contribution < 1.29 is 0 Å². The molecule has 0 aliphatic carbocycles. The monoisotopic (exact) mass is 156 g/mol. The van der Waals surface area contributed by atoms with E-state index in [1.807, 2.05) is 13.0 Å². The molecule has 2 radical (unpaired) electrons. The summed E-state index contributed by atoms with van der Waals surface area (Å²) < 4.78 is 0. The fraction of sp³-hybridized carbons (Fsp3) is 0.222. The zero-order valence-corrected chi connectivity index (χ0v) is 7.18. The van der Waals surface area contributed by atoms with Gasteiger partial charge in [-0.2, -0.15) is 0 Å². The van der Waals surface area contributed by atoms with Crippen LogP contribution in [0.4, 0.5) is 0 Å². The van der Waals surface area contributed by atoms with Gasteiger partial charge in [0.05, 0.1) is 0 Å². The molecule has 0 amide bonds. The molecule has 2 aromatic rings. The number of fused-ring (bicyclic) bond motifs is 1. The van der Waals surface area contributed by atoms with Gasteiger partial charge < -0.3 is 4.98 Å². The van der Waals surface area contributed by atoms with E-state index in [4.69, 9.17) is 7.85 Å². The van der Waals surface area contributed by atoms with Crippen LogP contribution < -0.4 is 5.46 Å². The quantitative estimate of drug-likeness (QED) is 0.565. The van der Waals surface area contributed by atoms with Crippen LogP contribution in [0.15, 0.2) is 12.3 Å². The summed E-state index contributed by atoms with van der Waals surface area (Å²) >= 11 is 0. The van der Waals surface area contributed by atoms with Gasteiger partial charge in [0.2, 0.25) is 0 Å². The lowest BCUT2D eigenvalue weighted by Crippen LogP contribution is -2.01. The maximum atomic E-state index is 5.63. The number of nitrogens with zero attached hydrogens (tertiary/aromatic N) is 1. The van der Waals surface area contributed by atoms with Crippen molar-refractivity contribution in [3.8, 4) is 0 Å². The molecule has 2 aromatic heterocycles. The second-order valence-corrected chi connectivity index (χ2v) is 3.04. The van der Waals surface area contributed by atoms with Gasteiger partial charge in [0.25, 0.3) is 0 Å². The third-order valence-electron chi connectivity index (χ3n) is 2.18. The first-order chi connectivity index (χ1) is 5.68. The fourth-order valence-electron chi connectivity index (χ4n) is 1.34. The van der Waals surface area contributed by atoms with E-state index < -0.39 is 0 Å². The Bertz CT molecular complexity index is 431. The highest BCUT2D eigenvalue weighted by molar-refractivity contribution is 6.32. The Morgan fingerprint density at radius 3 is 2.92 bits per heavy atom. The Kier molecular flexibility index (Phi) is 1.46. The average molecular weight is 156 g/mol. The summed E-state index contributed by atoms with van der Waals surface area (Å²) in [6, 6.07) is 1.95. The molecule has 0 fully saturated rings. The topological polar surface area (TPSA) is 28.7 Å². The van der Waals surface area contributed by atoms with Crippen LogP contribution in [0.25, 0.3) is 11.0 Å². The highest BCUT2D eigenvalue weighted by Gasteiger charge is 2.03. The van der Waals surface area contributed by atoms with Crippen LogP contribution in [0.3, 0.4) is 0 Å². The highest BCUT2D eigenvalue weighted by atomic mass is 14.9. The van der Waals surface area contributed by atoms with Crippen molar-refractivity contribution in [2.75, 3.05) is 0 Å². The maximum absolute atomic E-state index is 5.63. The lowest BCUT2D eigenvalue weighted by atomic mass is 9.97. The molecule has 2 nitrogen and oxygen atoms in total. The van der Waals surface area contributed by atoms with Gasteiger partial charge >= 0.3 is 0 Å². The Morgan fingerprint density at radius 1 is 1.42 bits per heavy atom. The van der Waals surface area contributed by atoms with Gasteiger partial charge in [-0.05, 0) is 19.4 Å². The summed E-state index contributed by atoms with van der Waals surface area (Å²) in [5.74, 6) is 0. The molecule has 0 aliphatic rings. The van der Waals surface area contributed by atoms with Crippen molar-refractivity contribution in [2.45, 2.75) is 13.8 Å². The summed E-state index contributed by atoms with van der Waals surface area (Å²) in [6.07, 6.45) is 1.66. The van der Waals surface area contributed by atoms with E-state index >= 15 is 0 Å². The first-order valence-electron chi connectivity index (χ1n) is 3.89. The lowest BCUT2D eigenvalue weighted by Gasteiger charge is -1.92. The van der Waals surface area contributed by atoms with E-state index in [0.717, 1.165) is 16.7 Å². The second-order valence-electron chi connectivity index (χ2n) is 3.04. The standard InChI is InChI=1S/C9H9BN2/c1-5-6(2)12-9-8(5)3-7(10)4-11-9/h3-4H,1-2H3,(H,11,12). The molecule has 2 rings (SSSR count). The molecular formula is C9H9BN2. The van der Waals surface area contributed by atoms with E-state index in [-0.39, 0.29) is 0 Å². The number of nitrogens with one attached hydrogen (secondary N) is 1. The minimum absolute atomic E-state index is 0.713. The molecular weight excluding hydrogens is 147 g/mol. The van der Waals surface area contributed by atoms with Crippen molar-refractivity contribution in [3.05, 3.63) is 23.5 Å². The van der Waals surface area contributed by atoms with Crippen LogP contribution in [0, 0.1) is 13.8 Å². The SMILES string of the molecule is [B]c1cnc2[nH]c(C)c(C)c2c1.